The molecule has 0 saturated carbocycles. The van der Waals surface area contributed by atoms with Gasteiger partial charge in [0.05, 0.1) is 31.8 Å². The molecule has 3 aliphatic heterocycles. The van der Waals surface area contributed by atoms with Gasteiger partial charge in [0.25, 0.3) is 0 Å². The number of hydrogen-bond donors (Lipinski definition) is 9. The molecule has 0 unspecified atom stereocenters. The summed E-state index contributed by atoms with van der Waals surface area (Å²) in [5.74, 6) is 0.0189. The second-order valence-corrected chi connectivity index (χ2v) is 14.2. The van der Waals surface area contributed by atoms with Crippen molar-refractivity contribution in [1.29, 1.82) is 0 Å². The lowest BCUT2D eigenvalue weighted by Crippen LogP contribution is -2.62. The van der Waals surface area contributed by atoms with E-state index in [2.05, 4.69) is 0 Å². The van der Waals surface area contributed by atoms with Crippen molar-refractivity contribution in [3.05, 3.63) is 63.8 Å². The number of rotatable bonds is 11. The molecule has 18 heteroatoms. The molecule has 2 aromatic carbocycles. The number of ether oxygens (including phenoxy) is 7. The van der Waals surface area contributed by atoms with Gasteiger partial charge in [-0.05, 0) is 63.6 Å². The zero-order valence-corrected chi connectivity index (χ0v) is 30.9. The third kappa shape index (κ3) is 8.30. The minimum Gasteiger partial charge on any atom is -0.497 e. The SMILES string of the molecule is COc1ccc(-c2oc3c(CC=C(C)C)c(O[C@H]4O[C@H](CO)[C@@H](O)[C@H](O)[C@H]4O)ccc3c(=O)c2O[C@@H]2OC[C@@H](O)[C@H](O)[C@@H]2O[C@@H]2O[C@H](C)[C@H](O)[C@@H](O)[C@H]2O)cc1. The zero-order chi connectivity index (χ0) is 40.6. The van der Waals surface area contributed by atoms with Crippen molar-refractivity contribution in [2.45, 2.75) is 113 Å². The largest absolute Gasteiger partial charge is 0.497 e. The van der Waals surface area contributed by atoms with Crippen LogP contribution in [0, 0.1) is 0 Å². The molecule has 56 heavy (non-hydrogen) atoms. The molecule has 308 valence electrons. The zero-order valence-electron chi connectivity index (χ0n) is 30.9. The van der Waals surface area contributed by atoms with Gasteiger partial charge >= 0.3 is 0 Å². The summed E-state index contributed by atoms with van der Waals surface area (Å²) >= 11 is 0. The predicted molar refractivity (Wildman–Crippen MR) is 192 cm³/mol. The summed E-state index contributed by atoms with van der Waals surface area (Å²) in [6, 6.07) is 9.18. The van der Waals surface area contributed by atoms with Gasteiger partial charge < -0.3 is 83.5 Å². The highest BCUT2D eigenvalue weighted by atomic mass is 16.8. The predicted octanol–water partition coefficient (Wildman–Crippen LogP) is -1.17. The molecule has 18 nitrogen and oxygen atoms in total. The monoisotopic (exact) mass is 792 g/mol. The third-order valence-corrected chi connectivity index (χ3v) is 10.0. The molecule has 0 spiro atoms. The maximum Gasteiger partial charge on any atom is 0.235 e. The van der Waals surface area contributed by atoms with Crippen molar-refractivity contribution in [3.8, 4) is 28.6 Å². The first-order chi connectivity index (χ1) is 26.6. The first-order valence-corrected chi connectivity index (χ1v) is 18.0. The van der Waals surface area contributed by atoms with E-state index in [1.54, 1.807) is 24.3 Å². The van der Waals surface area contributed by atoms with Crippen LogP contribution in [-0.4, -0.2) is 152 Å². The maximum atomic E-state index is 14.6. The van der Waals surface area contributed by atoms with Crippen molar-refractivity contribution in [2.75, 3.05) is 20.3 Å². The number of methoxy groups -OCH3 is 1. The van der Waals surface area contributed by atoms with E-state index in [1.165, 1.54) is 26.2 Å². The molecule has 4 heterocycles. The average Bonchev–Trinajstić information content (AvgIpc) is 3.19. The van der Waals surface area contributed by atoms with Crippen LogP contribution in [0.5, 0.6) is 17.2 Å². The van der Waals surface area contributed by atoms with Gasteiger partial charge in [0.2, 0.25) is 23.8 Å². The fraction of sp³-hybridized carbons (Fsp3) is 0.553. The molecular formula is C38H48O18. The summed E-state index contributed by atoms with van der Waals surface area (Å²) < 4.78 is 46.8. The second-order valence-electron chi connectivity index (χ2n) is 14.2. The number of benzene rings is 2. The molecule has 0 bridgehead atoms. The Morgan fingerprint density at radius 2 is 1.48 bits per heavy atom. The van der Waals surface area contributed by atoms with E-state index in [4.69, 9.17) is 37.6 Å². The van der Waals surface area contributed by atoms with Crippen molar-refractivity contribution in [3.63, 3.8) is 0 Å². The van der Waals surface area contributed by atoms with Crippen molar-refractivity contribution in [1.82, 2.24) is 0 Å². The van der Waals surface area contributed by atoms with Crippen LogP contribution >= 0.6 is 0 Å². The molecule has 14 atom stereocenters. The molecule has 0 amide bonds. The molecule has 3 aromatic rings. The van der Waals surface area contributed by atoms with Crippen molar-refractivity contribution < 1.29 is 83.5 Å². The Bertz CT molecular complexity index is 1890. The minimum absolute atomic E-state index is 0.0126. The Kier molecular flexibility index (Phi) is 13.0. The lowest BCUT2D eigenvalue weighted by molar-refractivity contribution is -0.344. The molecule has 0 radical (unpaired) electrons. The van der Waals surface area contributed by atoms with E-state index < -0.39 is 110 Å². The lowest BCUT2D eigenvalue weighted by atomic mass is 9.99. The number of fused-ring (bicyclic) bond motifs is 1. The number of aliphatic hydroxyl groups excluding tert-OH is 9. The van der Waals surface area contributed by atoms with Crippen LogP contribution in [0.1, 0.15) is 26.3 Å². The lowest BCUT2D eigenvalue weighted by Gasteiger charge is -2.43. The third-order valence-electron chi connectivity index (χ3n) is 10.0. The van der Waals surface area contributed by atoms with E-state index in [-0.39, 0.29) is 28.9 Å². The Balaban J connectivity index is 1.46. The van der Waals surface area contributed by atoms with Gasteiger partial charge in [-0.1, -0.05) is 11.6 Å². The fourth-order valence-corrected chi connectivity index (χ4v) is 6.63. The first-order valence-electron chi connectivity index (χ1n) is 18.0. The fourth-order valence-electron chi connectivity index (χ4n) is 6.63. The van der Waals surface area contributed by atoms with Gasteiger partial charge in [-0.2, -0.15) is 0 Å². The highest BCUT2D eigenvalue weighted by Crippen LogP contribution is 2.39. The second kappa shape index (κ2) is 17.4. The number of aliphatic hydroxyl groups is 9. The van der Waals surface area contributed by atoms with Gasteiger partial charge in [0, 0.05) is 11.1 Å². The Labute approximate surface area is 320 Å². The number of allylic oxidation sites excluding steroid dienone is 2. The van der Waals surface area contributed by atoms with Gasteiger partial charge in [0.15, 0.2) is 18.2 Å². The van der Waals surface area contributed by atoms with Gasteiger partial charge in [-0.25, -0.2) is 0 Å². The molecule has 9 N–H and O–H groups in total. The smallest absolute Gasteiger partial charge is 0.235 e. The summed E-state index contributed by atoms with van der Waals surface area (Å²) in [5, 5.41) is 93.9. The van der Waals surface area contributed by atoms with Crippen LogP contribution in [0.15, 0.2) is 57.3 Å². The Morgan fingerprint density at radius 1 is 0.804 bits per heavy atom. The highest BCUT2D eigenvalue weighted by Gasteiger charge is 2.49. The van der Waals surface area contributed by atoms with Crippen molar-refractivity contribution >= 4 is 11.0 Å². The Morgan fingerprint density at radius 3 is 2.14 bits per heavy atom. The highest BCUT2D eigenvalue weighted by molar-refractivity contribution is 5.86. The molecule has 3 saturated heterocycles. The van der Waals surface area contributed by atoms with E-state index in [1.807, 2.05) is 19.9 Å². The van der Waals surface area contributed by atoms with Crippen LogP contribution in [-0.2, 0) is 25.4 Å². The van der Waals surface area contributed by atoms with Crippen LogP contribution in [0.3, 0.4) is 0 Å². The van der Waals surface area contributed by atoms with Crippen LogP contribution in [0.25, 0.3) is 22.3 Å². The molecule has 0 aliphatic carbocycles. The molecule has 3 aliphatic rings. The normalized spacial score (nSPS) is 34.9. The van der Waals surface area contributed by atoms with Crippen LogP contribution in [0.2, 0.25) is 0 Å². The first kappa shape index (κ1) is 41.9. The van der Waals surface area contributed by atoms with E-state index in [0.717, 1.165) is 5.57 Å². The standard InChI is InChI=1S/C38H48O18/c1-15(2)5-10-19-22(52-37-31(48)29(46)27(44)23(13-39)53-37)12-11-20-25(42)34(32(54-33(19)20)17-6-8-18(49-4)9-7-17)55-38-35(26(43)21(40)14-50-38)56-36-30(47)28(45)24(41)16(3)51-36/h5-9,11-12,16,21,23-24,26-31,35-41,43-48H,10,13-14H2,1-4H3/t16-,21-,23-,24+,26+,27-,28-,29+,30-,31-,35+,36+,37+,38+/m1/s1. The molecule has 1 aromatic heterocycles. The van der Waals surface area contributed by atoms with Gasteiger partial charge in [-0.15, -0.1) is 0 Å². The summed E-state index contributed by atoms with van der Waals surface area (Å²) in [6.45, 7) is 3.99. The van der Waals surface area contributed by atoms with E-state index in [9.17, 15) is 50.8 Å². The molecule has 3 fully saturated rings. The Hall–Kier alpha value is -3.73. The number of hydrogen-bond acceptors (Lipinski definition) is 18. The van der Waals surface area contributed by atoms with E-state index in [0.29, 0.717) is 16.9 Å². The quantitative estimate of drug-likeness (QED) is 0.103. The summed E-state index contributed by atoms with van der Waals surface area (Å²) in [5.41, 5.74) is 0.827. The molecular weight excluding hydrogens is 744 g/mol. The summed E-state index contributed by atoms with van der Waals surface area (Å²) in [7, 11) is 1.47. The van der Waals surface area contributed by atoms with Gasteiger partial charge in [-0.3, -0.25) is 4.79 Å². The topological polar surface area (TPSA) is 277 Å². The maximum absolute atomic E-state index is 14.6. The minimum atomic E-state index is -1.78. The summed E-state index contributed by atoms with van der Waals surface area (Å²) in [6.07, 6.45) is -19.9. The summed E-state index contributed by atoms with van der Waals surface area (Å²) in [4.78, 5) is 14.6. The van der Waals surface area contributed by atoms with Crippen LogP contribution in [0.4, 0.5) is 0 Å². The van der Waals surface area contributed by atoms with Crippen LogP contribution < -0.4 is 19.6 Å². The molecule has 6 rings (SSSR count). The average molecular weight is 793 g/mol. The van der Waals surface area contributed by atoms with E-state index >= 15 is 0 Å². The van der Waals surface area contributed by atoms with Crippen molar-refractivity contribution in [2.24, 2.45) is 0 Å². The van der Waals surface area contributed by atoms with Gasteiger partial charge in [0.1, 0.15) is 72.0 Å².